The van der Waals surface area contributed by atoms with E-state index in [-0.39, 0.29) is 5.56 Å². The van der Waals surface area contributed by atoms with E-state index in [0.29, 0.717) is 6.54 Å². The molecule has 4 heteroatoms. The normalized spacial score (nSPS) is 10.7. The number of nitrogens with one attached hydrogen (secondary N) is 2. The molecule has 20 heavy (non-hydrogen) atoms. The fraction of sp³-hybridized carbons (Fsp3) is 0.375. The molecule has 0 saturated heterocycles. The van der Waals surface area contributed by atoms with Gasteiger partial charge in [0, 0.05) is 19.0 Å². The van der Waals surface area contributed by atoms with Gasteiger partial charge in [-0.15, -0.1) is 0 Å². The smallest absolute Gasteiger partial charge is 0.251 e. The Kier molecular flexibility index (Phi) is 5.50. The predicted octanol–water partition coefficient (Wildman–Crippen LogP) is 2.05. The lowest BCUT2D eigenvalue weighted by molar-refractivity contribution is 0.656. The number of aryl methyl sites for hydroxylation is 2. The van der Waals surface area contributed by atoms with E-state index in [1.807, 2.05) is 18.2 Å². The van der Waals surface area contributed by atoms with Crippen LogP contribution < -0.4 is 10.9 Å². The summed E-state index contributed by atoms with van der Waals surface area (Å²) in [7, 11) is 0. The SMILES string of the molecule is CCCNCc1cc(=O)[nH]c(CCc2ccccc2)n1. The van der Waals surface area contributed by atoms with Gasteiger partial charge in [0.05, 0.1) is 5.69 Å². The molecular formula is C16H21N3O. The van der Waals surface area contributed by atoms with Crippen molar-refractivity contribution in [1.29, 1.82) is 0 Å². The number of aromatic amines is 1. The molecule has 0 fully saturated rings. The zero-order valence-electron chi connectivity index (χ0n) is 11.9. The number of nitrogens with zero attached hydrogens (tertiary/aromatic N) is 1. The van der Waals surface area contributed by atoms with Gasteiger partial charge in [-0.25, -0.2) is 4.98 Å². The average Bonchev–Trinajstić information content (AvgIpc) is 2.46. The summed E-state index contributed by atoms with van der Waals surface area (Å²) in [5, 5.41) is 3.26. The van der Waals surface area contributed by atoms with E-state index in [1.165, 1.54) is 5.56 Å². The first-order chi connectivity index (χ1) is 9.78. The van der Waals surface area contributed by atoms with Crippen LogP contribution >= 0.6 is 0 Å². The molecule has 0 saturated carbocycles. The van der Waals surface area contributed by atoms with E-state index in [2.05, 4.69) is 34.3 Å². The van der Waals surface area contributed by atoms with Crippen molar-refractivity contribution in [2.24, 2.45) is 0 Å². The molecule has 2 N–H and O–H groups in total. The Balaban J connectivity index is 1.98. The number of H-pyrrole nitrogens is 1. The van der Waals surface area contributed by atoms with Crippen LogP contribution in [0.25, 0.3) is 0 Å². The second-order valence-electron chi connectivity index (χ2n) is 4.85. The summed E-state index contributed by atoms with van der Waals surface area (Å²) in [4.78, 5) is 18.9. The van der Waals surface area contributed by atoms with Crippen LogP contribution in [0.1, 0.15) is 30.4 Å². The van der Waals surface area contributed by atoms with Crippen molar-refractivity contribution in [3.05, 3.63) is 63.8 Å². The first-order valence-corrected chi connectivity index (χ1v) is 7.11. The zero-order chi connectivity index (χ0) is 14.2. The van der Waals surface area contributed by atoms with E-state index in [9.17, 15) is 4.79 Å². The monoisotopic (exact) mass is 271 g/mol. The van der Waals surface area contributed by atoms with E-state index >= 15 is 0 Å². The molecule has 0 aliphatic carbocycles. The minimum Gasteiger partial charge on any atom is -0.311 e. The van der Waals surface area contributed by atoms with Crippen LogP contribution in [0.4, 0.5) is 0 Å². The quantitative estimate of drug-likeness (QED) is 0.758. The highest BCUT2D eigenvalue weighted by Crippen LogP contribution is 2.03. The Labute approximate surface area is 119 Å². The van der Waals surface area contributed by atoms with Crippen molar-refractivity contribution < 1.29 is 0 Å². The first kappa shape index (κ1) is 14.5. The molecule has 0 amide bonds. The van der Waals surface area contributed by atoms with Gasteiger partial charge in [-0.1, -0.05) is 37.3 Å². The highest BCUT2D eigenvalue weighted by Gasteiger charge is 2.02. The second-order valence-corrected chi connectivity index (χ2v) is 4.85. The van der Waals surface area contributed by atoms with Crippen LogP contribution in [-0.4, -0.2) is 16.5 Å². The molecule has 0 aliphatic heterocycles. The fourth-order valence-electron chi connectivity index (χ4n) is 2.07. The lowest BCUT2D eigenvalue weighted by Gasteiger charge is -2.05. The van der Waals surface area contributed by atoms with Crippen molar-refractivity contribution in [3.63, 3.8) is 0 Å². The van der Waals surface area contributed by atoms with Gasteiger partial charge in [0.15, 0.2) is 0 Å². The average molecular weight is 271 g/mol. The van der Waals surface area contributed by atoms with Crippen LogP contribution in [-0.2, 0) is 19.4 Å². The molecule has 0 radical (unpaired) electrons. The number of hydrogen-bond acceptors (Lipinski definition) is 3. The summed E-state index contributed by atoms with van der Waals surface area (Å²) in [6, 6.07) is 11.8. The minimum atomic E-state index is -0.0728. The van der Waals surface area contributed by atoms with E-state index in [1.54, 1.807) is 6.07 Å². The molecule has 0 bridgehead atoms. The highest BCUT2D eigenvalue weighted by molar-refractivity contribution is 5.15. The van der Waals surface area contributed by atoms with Gasteiger partial charge in [0.1, 0.15) is 5.82 Å². The predicted molar refractivity (Wildman–Crippen MR) is 80.7 cm³/mol. The summed E-state index contributed by atoms with van der Waals surface area (Å²) in [6.45, 7) is 3.70. The topological polar surface area (TPSA) is 57.8 Å². The second kappa shape index (κ2) is 7.60. The van der Waals surface area contributed by atoms with Crippen LogP contribution in [0.15, 0.2) is 41.2 Å². The summed E-state index contributed by atoms with van der Waals surface area (Å²) in [5.41, 5.74) is 1.99. The van der Waals surface area contributed by atoms with Gasteiger partial charge >= 0.3 is 0 Å². The molecule has 4 nitrogen and oxygen atoms in total. The van der Waals surface area contributed by atoms with E-state index in [0.717, 1.165) is 37.3 Å². The Hall–Kier alpha value is -1.94. The zero-order valence-corrected chi connectivity index (χ0v) is 11.9. The third-order valence-electron chi connectivity index (χ3n) is 3.07. The molecule has 1 aromatic carbocycles. The summed E-state index contributed by atoms with van der Waals surface area (Å²) in [6.07, 6.45) is 2.71. The Morgan fingerprint density at radius 3 is 2.75 bits per heavy atom. The maximum atomic E-state index is 11.6. The molecule has 2 rings (SSSR count). The minimum absolute atomic E-state index is 0.0728. The summed E-state index contributed by atoms with van der Waals surface area (Å²) >= 11 is 0. The number of rotatable bonds is 7. The van der Waals surface area contributed by atoms with Crippen molar-refractivity contribution >= 4 is 0 Å². The van der Waals surface area contributed by atoms with Gasteiger partial charge < -0.3 is 10.3 Å². The first-order valence-electron chi connectivity index (χ1n) is 7.11. The lowest BCUT2D eigenvalue weighted by Crippen LogP contribution is -2.19. The Morgan fingerprint density at radius 2 is 2.00 bits per heavy atom. The third-order valence-corrected chi connectivity index (χ3v) is 3.07. The fourth-order valence-corrected chi connectivity index (χ4v) is 2.07. The van der Waals surface area contributed by atoms with Crippen LogP contribution in [0, 0.1) is 0 Å². The number of benzene rings is 1. The molecule has 106 valence electrons. The molecule has 0 aliphatic rings. The Morgan fingerprint density at radius 1 is 1.20 bits per heavy atom. The van der Waals surface area contributed by atoms with E-state index in [4.69, 9.17) is 0 Å². The molecule has 1 heterocycles. The molecule has 1 aromatic heterocycles. The van der Waals surface area contributed by atoms with E-state index < -0.39 is 0 Å². The Bertz CT molecular complexity index is 578. The van der Waals surface area contributed by atoms with Gasteiger partial charge in [-0.05, 0) is 24.9 Å². The lowest BCUT2D eigenvalue weighted by atomic mass is 10.1. The molecule has 0 atom stereocenters. The van der Waals surface area contributed by atoms with Crippen molar-refractivity contribution in [1.82, 2.24) is 15.3 Å². The van der Waals surface area contributed by atoms with Gasteiger partial charge in [-0.3, -0.25) is 4.79 Å². The molecule has 0 unspecified atom stereocenters. The van der Waals surface area contributed by atoms with Crippen LogP contribution in [0.3, 0.4) is 0 Å². The molecular weight excluding hydrogens is 250 g/mol. The standard InChI is InChI=1S/C16H21N3O/c1-2-10-17-12-14-11-16(20)19-15(18-14)9-8-13-6-4-3-5-7-13/h3-7,11,17H,2,8-10,12H2,1H3,(H,18,19,20). The maximum Gasteiger partial charge on any atom is 0.251 e. The van der Waals surface area contributed by atoms with Crippen molar-refractivity contribution in [3.8, 4) is 0 Å². The van der Waals surface area contributed by atoms with Crippen molar-refractivity contribution in [2.45, 2.75) is 32.7 Å². The van der Waals surface area contributed by atoms with Gasteiger partial charge in [0.2, 0.25) is 0 Å². The largest absolute Gasteiger partial charge is 0.311 e. The van der Waals surface area contributed by atoms with Crippen LogP contribution in [0.5, 0.6) is 0 Å². The van der Waals surface area contributed by atoms with Gasteiger partial charge in [0.25, 0.3) is 5.56 Å². The summed E-state index contributed by atoms with van der Waals surface area (Å²) < 4.78 is 0. The molecule has 0 spiro atoms. The van der Waals surface area contributed by atoms with Gasteiger partial charge in [-0.2, -0.15) is 0 Å². The number of aromatic nitrogens is 2. The number of hydrogen-bond donors (Lipinski definition) is 2. The van der Waals surface area contributed by atoms with Crippen LogP contribution in [0.2, 0.25) is 0 Å². The maximum absolute atomic E-state index is 11.6. The summed E-state index contributed by atoms with van der Waals surface area (Å²) in [5.74, 6) is 0.759. The van der Waals surface area contributed by atoms with Crippen molar-refractivity contribution in [2.75, 3.05) is 6.54 Å². The highest BCUT2D eigenvalue weighted by atomic mass is 16.1. The third kappa shape index (κ3) is 4.63. The molecule has 2 aromatic rings.